The van der Waals surface area contributed by atoms with Gasteiger partial charge in [-0.25, -0.2) is 27.2 Å². The molecule has 11 heteroatoms. The van der Waals surface area contributed by atoms with E-state index >= 15 is 0 Å². The Bertz CT molecular complexity index is 1180. The van der Waals surface area contributed by atoms with Crippen molar-refractivity contribution in [3.63, 3.8) is 0 Å². The van der Waals surface area contributed by atoms with E-state index in [4.69, 9.17) is 0 Å². The van der Waals surface area contributed by atoms with Gasteiger partial charge >= 0.3 is 0 Å². The third-order valence-corrected chi connectivity index (χ3v) is 7.61. The third-order valence-electron chi connectivity index (χ3n) is 4.40. The minimum Gasteiger partial charge on any atom is -0.290 e. The number of carbonyl (C=O) groups is 1. The Kier molecular flexibility index (Phi) is 5.11. The van der Waals surface area contributed by atoms with Crippen molar-refractivity contribution < 1.29 is 22.0 Å². The molecule has 1 amide bonds. The van der Waals surface area contributed by atoms with Crippen LogP contribution in [0.25, 0.3) is 0 Å². The van der Waals surface area contributed by atoms with Gasteiger partial charge in [-0.1, -0.05) is 6.07 Å². The number of rotatable bonds is 4. The standard InChI is InChI=1S/C18H14F2N4O3S2/c19-13-4-3-11(8-14(13)20)17(25)23-18-21-9-12-10-24(6-5-15(12)22-18)29(26,27)16-2-1-7-28-16/h1-4,7-9H,5-6,10H2,(H,21,22,23,25). The van der Waals surface area contributed by atoms with Crippen LogP contribution in [0.3, 0.4) is 0 Å². The molecule has 0 saturated heterocycles. The highest BCUT2D eigenvalue weighted by atomic mass is 32.2. The molecule has 0 aliphatic carbocycles. The van der Waals surface area contributed by atoms with Crippen molar-refractivity contribution >= 4 is 33.2 Å². The molecule has 3 heterocycles. The molecule has 0 radical (unpaired) electrons. The van der Waals surface area contributed by atoms with Crippen LogP contribution in [0.4, 0.5) is 14.7 Å². The fourth-order valence-corrected chi connectivity index (χ4v) is 5.47. The van der Waals surface area contributed by atoms with Crippen molar-refractivity contribution in [3.8, 4) is 0 Å². The van der Waals surface area contributed by atoms with Crippen LogP contribution in [-0.2, 0) is 23.0 Å². The molecular formula is C18H14F2N4O3S2. The van der Waals surface area contributed by atoms with Crippen LogP contribution in [0.1, 0.15) is 21.6 Å². The van der Waals surface area contributed by atoms with E-state index < -0.39 is 27.6 Å². The zero-order valence-electron chi connectivity index (χ0n) is 14.8. The first-order valence-electron chi connectivity index (χ1n) is 8.49. The van der Waals surface area contributed by atoms with Crippen LogP contribution in [0.15, 0.2) is 46.1 Å². The average molecular weight is 436 g/mol. The molecule has 7 nitrogen and oxygen atoms in total. The van der Waals surface area contributed by atoms with E-state index in [0.717, 1.165) is 29.5 Å². The van der Waals surface area contributed by atoms with Crippen LogP contribution in [0.5, 0.6) is 0 Å². The summed E-state index contributed by atoms with van der Waals surface area (Å²) in [5, 5.41) is 4.14. The summed E-state index contributed by atoms with van der Waals surface area (Å²) in [5.41, 5.74) is 1.19. The molecule has 150 valence electrons. The Balaban J connectivity index is 1.50. The summed E-state index contributed by atoms with van der Waals surface area (Å²) in [4.78, 5) is 20.5. The lowest BCUT2D eigenvalue weighted by Crippen LogP contribution is -2.36. The fraction of sp³-hybridized carbons (Fsp3) is 0.167. The summed E-state index contributed by atoms with van der Waals surface area (Å²) >= 11 is 1.16. The highest BCUT2D eigenvalue weighted by Gasteiger charge is 2.30. The Hall–Kier alpha value is -2.76. The van der Waals surface area contributed by atoms with E-state index in [0.29, 0.717) is 17.7 Å². The molecule has 0 atom stereocenters. The highest BCUT2D eigenvalue weighted by Crippen LogP contribution is 2.26. The van der Waals surface area contributed by atoms with Gasteiger partial charge in [0, 0.05) is 36.8 Å². The smallest absolute Gasteiger partial charge is 0.258 e. The van der Waals surface area contributed by atoms with Crippen LogP contribution in [0, 0.1) is 11.6 Å². The molecule has 29 heavy (non-hydrogen) atoms. The van der Waals surface area contributed by atoms with E-state index in [1.165, 1.54) is 10.5 Å². The lowest BCUT2D eigenvalue weighted by atomic mass is 10.1. The molecule has 0 saturated carbocycles. The third kappa shape index (κ3) is 3.88. The number of fused-ring (bicyclic) bond motifs is 1. The topological polar surface area (TPSA) is 92.3 Å². The number of thiophene rings is 1. The summed E-state index contributed by atoms with van der Waals surface area (Å²) in [6, 6.07) is 6.04. The number of nitrogens with one attached hydrogen (secondary N) is 1. The monoisotopic (exact) mass is 436 g/mol. The van der Waals surface area contributed by atoms with Gasteiger partial charge in [0.05, 0.1) is 5.69 Å². The van der Waals surface area contributed by atoms with Gasteiger partial charge in [-0.2, -0.15) is 4.31 Å². The van der Waals surface area contributed by atoms with Gasteiger partial charge in [-0.15, -0.1) is 11.3 Å². The Morgan fingerprint density at radius 2 is 2.03 bits per heavy atom. The second-order valence-corrected chi connectivity index (χ2v) is 9.38. The van der Waals surface area contributed by atoms with E-state index in [1.54, 1.807) is 17.5 Å². The predicted octanol–water partition coefficient (Wildman–Crippen LogP) is 2.82. The molecule has 0 spiro atoms. The average Bonchev–Trinajstić information content (AvgIpc) is 3.25. The lowest BCUT2D eigenvalue weighted by Gasteiger charge is -2.26. The number of carbonyl (C=O) groups excluding carboxylic acids is 1. The van der Waals surface area contributed by atoms with Gasteiger partial charge in [0.1, 0.15) is 4.21 Å². The first-order chi connectivity index (χ1) is 13.8. The summed E-state index contributed by atoms with van der Waals surface area (Å²) in [6.07, 6.45) is 1.82. The molecule has 4 rings (SSSR count). The van der Waals surface area contributed by atoms with E-state index in [1.807, 2.05) is 0 Å². The second-order valence-electron chi connectivity index (χ2n) is 6.27. The number of amides is 1. The first-order valence-corrected chi connectivity index (χ1v) is 10.8. The lowest BCUT2D eigenvalue weighted by molar-refractivity contribution is 0.102. The molecule has 0 bridgehead atoms. The second kappa shape index (κ2) is 7.58. The Labute approximate surface area is 169 Å². The SMILES string of the molecule is O=C(Nc1ncc2c(n1)CCN(S(=O)(=O)c1cccs1)C2)c1ccc(F)c(F)c1. The molecule has 0 unspecified atom stereocenters. The molecule has 1 aliphatic rings. The number of halogens is 2. The number of aromatic nitrogens is 2. The number of hydrogen-bond donors (Lipinski definition) is 1. The number of anilines is 1. The minimum absolute atomic E-state index is 0.00745. The molecule has 2 aromatic heterocycles. The minimum atomic E-state index is -3.57. The predicted molar refractivity (Wildman–Crippen MR) is 102 cm³/mol. The fourth-order valence-electron chi connectivity index (χ4n) is 2.90. The number of sulfonamides is 1. The van der Waals surface area contributed by atoms with E-state index in [-0.39, 0.29) is 28.8 Å². The van der Waals surface area contributed by atoms with Gasteiger partial charge in [0.2, 0.25) is 5.95 Å². The summed E-state index contributed by atoms with van der Waals surface area (Å²) < 4.78 is 53.3. The number of benzene rings is 1. The zero-order valence-corrected chi connectivity index (χ0v) is 16.4. The first kappa shape index (κ1) is 19.6. The molecular weight excluding hydrogens is 422 g/mol. The quantitative estimate of drug-likeness (QED) is 0.679. The van der Waals surface area contributed by atoms with Crippen molar-refractivity contribution in [1.82, 2.24) is 14.3 Å². The Morgan fingerprint density at radius 3 is 2.76 bits per heavy atom. The van der Waals surface area contributed by atoms with Crippen molar-refractivity contribution in [3.05, 3.63) is 70.4 Å². The molecule has 0 fully saturated rings. The zero-order chi connectivity index (χ0) is 20.6. The summed E-state index contributed by atoms with van der Waals surface area (Å²) in [5.74, 6) is -2.85. The van der Waals surface area contributed by atoms with Crippen molar-refractivity contribution in [2.45, 2.75) is 17.2 Å². The highest BCUT2D eigenvalue weighted by molar-refractivity contribution is 7.91. The van der Waals surface area contributed by atoms with Crippen LogP contribution >= 0.6 is 11.3 Å². The van der Waals surface area contributed by atoms with E-state index in [2.05, 4.69) is 15.3 Å². The summed E-state index contributed by atoms with van der Waals surface area (Å²) in [6.45, 7) is 0.383. The van der Waals surface area contributed by atoms with Crippen LogP contribution in [-0.4, -0.2) is 35.1 Å². The maximum atomic E-state index is 13.3. The van der Waals surface area contributed by atoms with Crippen molar-refractivity contribution in [2.24, 2.45) is 0 Å². The van der Waals surface area contributed by atoms with Crippen molar-refractivity contribution in [2.75, 3.05) is 11.9 Å². The Morgan fingerprint density at radius 1 is 1.21 bits per heavy atom. The molecule has 1 aliphatic heterocycles. The van der Waals surface area contributed by atoms with Gasteiger partial charge < -0.3 is 0 Å². The maximum absolute atomic E-state index is 13.3. The molecule has 1 aromatic carbocycles. The molecule has 1 N–H and O–H groups in total. The van der Waals surface area contributed by atoms with Gasteiger partial charge in [0.25, 0.3) is 15.9 Å². The van der Waals surface area contributed by atoms with Gasteiger partial charge in [-0.3, -0.25) is 10.1 Å². The van der Waals surface area contributed by atoms with E-state index in [9.17, 15) is 22.0 Å². The maximum Gasteiger partial charge on any atom is 0.258 e. The number of nitrogens with zero attached hydrogens (tertiary/aromatic N) is 3. The van der Waals surface area contributed by atoms with Crippen LogP contribution in [0.2, 0.25) is 0 Å². The van der Waals surface area contributed by atoms with Crippen molar-refractivity contribution in [1.29, 1.82) is 0 Å². The summed E-state index contributed by atoms with van der Waals surface area (Å²) in [7, 11) is -3.57. The largest absolute Gasteiger partial charge is 0.290 e. The van der Waals surface area contributed by atoms with Gasteiger partial charge in [-0.05, 0) is 29.6 Å². The van der Waals surface area contributed by atoms with Crippen LogP contribution < -0.4 is 5.32 Å². The normalized spacial score (nSPS) is 14.4. The number of hydrogen-bond acceptors (Lipinski definition) is 6. The van der Waals surface area contributed by atoms with Gasteiger partial charge in [0.15, 0.2) is 11.6 Å². The molecule has 3 aromatic rings.